The SMILES string of the molecule is CCNC(C1CCC(CC)CC1)C1C2CCCCC21. The predicted octanol–water partition coefficient (Wildman–Crippen LogP) is 4.62. The van der Waals surface area contributed by atoms with Crippen LogP contribution in [0.3, 0.4) is 0 Å². The van der Waals surface area contributed by atoms with E-state index in [9.17, 15) is 0 Å². The Morgan fingerprint density at radius 2 is 1.53 bits per heavy atom. The van der Waals surface area contributed by atoms with Gasteiger partial charge in [-0.1, -0.05) is 46.0 Å². The molecule has 1 heteroatoms. The third-order valence-electron chi connectivity index (χ3n) is 6.55. The molecule has 0 heterocycles. The predicted molar refractivity (Wildman–Crippen MR) is 82.1 cm³/mol. The van der Waals surface area contributed by atoms with Gasteiger partial charge >= 0.3 is 0 Å². The van der Waals surface area contributed by atoms with Crippen molar-refractivity contribution in [1.29, 1.82) is 0 Å². The average Bonchev–Trinajstić information content (AvgIpc) is 3.19. The largest absolute Gasteiger partial charge is 0.314 e. The van der Waals surface area contributed by atoms with Gasteiger partial charge in [-0.15, -0.1) is 0 Å². The maximum absolute atomic E-state index is 3.90. The molecular formula is C18H33N. The van der Waals surface area contributed by atoms with Gasteiger partial charge in [0.1, 0.15) is 0 Å². The zero-order valence-corrected chi connectivity index (χ0v) is 13.0. The van der Waals surface area contributed by atoms with Crippen LogP contribution in [0.5, 0.6) is 0 Å². The van der Waals surface area contributed by atoms with E-state index in [0.717, 1.165) is 35.6 Å². The Morgan fingerprint density at radius 1 is 0.895 bits per heavy atom. The third-order valence-corrected chi connectivity index (χ3v) is 6.55. The van der Waals surface area contributed by atoms with E-state index in [-0.39, 0.29) is 0 Å². The smallest absolute Gasteiger partial charge is 0.0129 e. The Hall–Kier alpha value is -0.0400. The summed E-state index contributed by atoms with van der Waals surface area (Å²) >= 11 is 0. The van der Waals surface area contributed by atoms with Crippen LogP contribution in [0.2, 0.25) is 0 Å². The number of fused-ring (bicyclic) bond motifs is 1. The van der Waals surface area contributed by atoms with Gasteiger partial charge in [0, 0.05) is 6.04 Å². The number of nitrogens with one attached hydrogen (secondary N) is 1. The molecule has 0 spiro atoms. The van der Waals surface area contributed by atoms with Crippen molar-refractivity contribution in [2.45, 2.75) is 77.7 Å². The summed E-state index contributed by atoms with van der Waals surface area (Å²) in [6.07, 6.45) is 13.5. The standard InChI is InChI=1S/C18H33N/c1-3-13-9-11-14(12-10-13)18(19-4-2)17-15-7-5-6-8-16(15)17/h13-19H,3-12H2,1-2H3. The van der Waals surface area contributed by atoms with E-state index in [4.69, 9.17) is 0 Å². The first-order valence-corrected chi connectivity index (χ1v) is 9.08. The summed E-state index contributed by atoms with van der Waals surface area (Å²) < 4.78 is 0. The van der Waals surface area contributed by atoms with E-state index in [1.165, 1.54) is 51.5 Å². The highest BCUT2D eigenvalue weighted by Crippen LogP contribution is 2.58. The van der Waals surface area contributed by atoms with Crippen LogP contribution in [-0.4, -0.2) is 12.6 Å². The first kappa shape index (κ1) is 13.9. The van der Waals surface area contributed by atoms with E-state index >= 15 is 0 Å². The van der Waals surface area contributed by atoms with Gasteiger partial charge in [0.2, 0.25) is 0 Å². The second-order valence-electron chi connectivity index (χ2n) is 7.46. The molecule has 1 N–H and O–H groups in total. The van der Waals surface area contributed by atoms with Gasteiger partial charge in [0.05, 0.1) is 0 Å². The molecule has 3 unspecified atom stereocenters. The molecule has 0 bridgehead atoms. The summed E-state index contributed by atoms with van der Waals surface area (Å²) in [5.41, 5.74) is 0. The van der Waals surface area contributed by atoms with Crippen LogP contribution in [0, 0.1) is 29.6 Å². The Balaban J connectivity index is 1.59. The molecule has 0 aliphatic heterocycles. The molecule has 3 aliphatic carbocycles. The molecule has 3 rings (SSSR count). The minimum absolute atomic E-state index is 0.871. The van der Waals surface area contributed by atoms with Gasteiger partial charge in [-0.25, -0.2) is 0 Å². The lowest BCUT2D eigenvalue weighted by molar-refractivity contribution is 0.198. The fourth-order valence-corrected chi connectivity index (χ4v) is 5.39. The maximum atomic E-state index is 3.90. The second-order valence-corrected chi connectivity index (χ2v) is 7.46. The molecule has 1 nitrogen and oxygen atoms in total. The van der Waals surface area contributed by atoms with Gasteiger partial charge in [0.25, 0.3) is 0 Å². The molecule has 3 saturated carbocycles. The molecule has 0 aromatic carbocycles. The zero-order chi connectivity index (χ0) is 13.2. The normalized spacial score (nSPS) is 43.6. The van der Waals surface area contributed by atoms with Crippen molar-refractivity contribution in [2.24, 2.45) is 29.6 Å². The van der Waals surface area contributed by atoms with Crippen molar-refractivity contribution in [2.75, 3.05) is 6.54 Å². The second kappa shape index (κ2) is 6.16. The summed E-state index contributed by atoms with van der Waals surface area (Å²) in [5.74, 6) is 5.33. The van der Waals surface area contributed by atoms with Crippen LogP contribution in [0.15, 0.2) is 0 Å². The summed E-state index contributed by atoms with van der Waals surface area (Å²) in [4.78, 5) is 0. The van der Waals surface area contributed by atoms with Crippen molar-refractivity contribution < 1.29 is 0 Å². The molecule has 0 saturated heterocycles. The van der Waals surface area contributed by atoms with Crippen molar-refractivity contribution in [3.8, 4) is 0 Å². The molecule has 0 aromatic heterocycles. The Bertz CT molecular complexity index is 267. The minimum atomic E-state index is 0.871. The average molecular weight is 263 g/mol. The molecule has 0 aromatic rings. The Labute approximate surface area is 119 Å². The highest BCUT2D eigenvalue weighted by Gasteiger charge is 2.55. The van der Waals surface area contributed by atoms with E-state index in [1.807, 2.05) is 0 Å². The molecule has 3 atom stereocenters. The van der Waals surface area contributed by atoms with Crippen LogP contribution in [-0.2, 0) is 0 Å². The summed E-state index contributed by atoms with van der Waals surface area (Å²) in [6, 6.07) is 0.871. The van der Waals surface area contributed by atoms with Gasteiger partial charge in [0.15, 0.2) is 0 Å². The molecule has 110 valence electrons. The fraction of sp³-hybridized carbons (Fsp3) is 1.00. The van der Waals surface area contributed by atoms with Crippen molar-refractivity contribution in [1.82, 2.24) is 5.32 Å². The summed E-state index contributed by atoms with van der Waals surface area (Å²) in [6.45, 7) is 5.85. The Kier molecular flexibility index (Phi) is 4.51. The van der Waals surface area contributed by atoms with Crippen molar-refractivity contribution in [3.63, 3.8) is 0 Å². The fourth-order valence-electron chi connectivity index (χ4n) is 5.39. The molecule has 3 fully saturated rings. The van der Waals surface area contributed by atoms with Gasteiger partial charge in [-0.2, -0.15) is 0 Å². The van der Waals surface area contributed by atoms with Crippen molar-refractivity contribution >= 4 is 0 Å². The highest BCUT2D eigenvalue weighted by atomic mass is 14.9. The van der Waals surface area contributed by atoms with Gasteiger partial charge in [-0.3, -0.25) is 0 Å². The lowest BCUT2D eigenvalue weighted by Gasteiger charge is -2.34. The van der Waals surface area contributed by atoms with Gasteiger partial charge < -0.3 is 5.32 Å². The molecular weight excluding hydrogens is 230 g/mol. The van der Waals surface area contributed by atoms with E-state index in [1.54, 1.807) is 12.8 Å². The summed E-state index contributed by atoms with van der Waals surface area (Å²) in [7, 11) is 0. The van der Waals surface area contributed by atoms with Crippen LogP contribution in [0.4, 0.5) is 0 Å². The minimum Gasteiger partial charge on any atom is -0.314 e. The Morgan fingerprint density at radius 3 is 2.05 bits per heavy atom. The van der Waals surface area contributed by atoms with Crippen molar-refractivity contribution in [3.05, 3.63) is 0 Å². The monoisotopic (exact) mass is 263 g/mol. The molecule has 3 aliphatic rings. The van der Waals surface area contributed by atoms with Crippen LogP contribution in [0.1, 0.15) is 71.6 Å². The third kappa shape index (κ3) is 2.86. The topological polar surface area (TPSA) is 12.0 Å². The van der Waals surface area contributed by atoms with Crippen LogP contribution in [0.25, 0.3) is 0 Å². The van der Waals surface area contributed by atoms with Gasteiger partial charge in [-0.05, 0) is 61.8 Å². The lowest BCUT2D eigenvalue weighted by atomic mass is 9.76. The maximum Gasteiger partial charge on any atom is 0.0129 e. The number of hydrogen-bond donors (Lipinski definition) is 1. The van der Waals surface area contributed by atoms with E-state index in [0.29, 0.717) is 0 Å². The van der Waals surface area contributed by atoms with Crippen LogP contribution >= 0.6 is 0 Å². The lowest BCUT2D eigenvalue weighted by Crippen LogP contribution is -2.40. The molecule has 0 radical (unpaired) electrons. The highest BCUT2D eigenvalue weighted by molar-refractivity contribution is 5.06. The molecule has 0 amide bonds. The van der Waals surface area contributed by atoms with Crippen LogP contribution < -0.4 is 5.32 Å². The van der Waals surface area contributed by atoms with E-state index < -0.39 is 0 Å². The summed E-state index contributed by atoms with van der Waals surface area (Å²) in [5, 5.41) is 3.90. The first-order valence-electron chi connectivity index (χ1n) is 9.08. The van der Waals surface area contributed by atoms with E-state index in [2.05, 4.69) is 19.2 Å². The molecule has 19 heavy (non-hydrogen) atoms. The first-order chi connectivity index (χ1) is 9.35. The number of rotatable bonds is 5. The quantitative estimate of drug-likeness (QED) is 0.763. The zero-order valence-electron chi connectivity index (χ0n) is 13.0. The number of hydrogen-bond acceptors (Lipinski definition) is 1.